The van der Waals surface area contributed by atoms with Gasteiger partial charge in [-0.05, 0) is 40.3 Å². The van der Waals surface area contributed by atoms with Gasteiger partial charge in [0.05, 0.1) is 12.3 Å². The van der Waals surface area contributed by atoms with Gasteiger partial charge in [-0.2, -0.15) is 0 Å². The summed E-state index contributed by atoms with van der Waals surface area (Å²) in [6.45, 7) is 2.06. The fourth-order valence-corrected chi connectivity index (χ4v) is 4.48. The average molecular weight is 415 g/mol. The predicted molar refractivity (Wildman–Crippen MR) is 119 cm³/mol. The van der Waals surface area contributed by atoms with Crippen molar-refractivity contribution >= 4 is 11.9 Å². The number of esters is 1. The van der Waals surface area contributed by atoms with Crippen LogP contribution in [0.2, 0.25) is 0 Å². The highest BCUT2D eigenvalue weighted by atomic mass is 16.5. The lowest BCUT2D eigenvalue weighted by Gasteiger charge is -2.24. The second-order valence-corrected chi connectivity index (χ2v) is 7.95. The lowest BCUT2D eigenvalue weighted by Crippen LogP contribution is -2.37. The van der Waals surface area contributed by atoms with Gasteiger partial charge in [-0.25, -0.2) is 0 Å². The maximum atomic E-state index is 13.2. The minimum absolute atomic E-state index is 0.0652. The standard InChI is InChI=1S/C26H25NO4/c1-16-8-2-3-9-17(16)25(23(27)14-24(28)29)26(30)31-15-22-20-12-6-4-10-18(20)19-11-5-7-13-21(19)22/h2-13,22-23,25H,14-15,27H2,1H3,(H,28,29)/t23-,25?/m0/s1. The number of carboxylic acid groups (broad SMARTS) is 1. The molecule has 3 N–H and O–H groups in total. The van der Waals surface area contributed by atoms with Gasteiger partial charge in [0.1, 0.15) is 6.61 Å². The number of benzene rings is 3. The van der Waals surface area contributed by atoms with Crippen molar-refractivity contribution in [1.82, 2.24) is 0 Å². The Labute approximate surface area is 181 Å². The molecule has 0 aliphatic heterocycles. The van der Waals surface area contributed by atoms with E-state index >= 15 is 0 Å². The minimum Gasteiger partial charge on any atom is -0.481 e. The molecule has 3 aromatic carbocycles. The van der Waals surface area contributed by atoms with Gasteiger partial charge in [-0.1, -0.05) is 72.8 Å². The normalized spacial score (nSPS) is 14.4. The zero-order chi connectivity index (χ0) is 22.0. The second-order valence-electron chi connectivity index (χ2n) is 7.95. The van der Waals surface area contributed by atoms with Crippen molar-refractivity contribution in [3.05, 3.63) is 95.1 Å². The Bertz CT molecular complexity index is 1080. The quantitative estimate of drug-likeness (QED) is 0.564. The summed E-state index contributed by atoms with van der Waals surface area (Å²) in [5.74, 6) is -2.45. The van der Waals surface area contributed by atoms with Crippen LogP contribution in [-0.2, 0) is 14.3 Å². The van der Waals surface area contributed by atoms with E-state index in [0.717, 1.165) is 27.8 Å². The topological polar surface area (TPSA) is 89.6 Å². The van der Waals surface area contributed by atoms with E-state index in [4.69, 9.17) is 10.5 Å². The number of carbonyl (C=O) groups is 2. The first-order chi connectivity index (χ1) is 15.0. The fraction of sp³-hybridized carbons (Fsp3) is 0.231. The molecule has 0 heterocycles. The SMILES string of the molecule is Cc1ccccc1C(C(=O)OCC1c2ccccc2-c2ccccc21)[C@@H](N)CC(=O)O. The van der Waals surface area contributed by atoms with Crippen molar-refractivity contribution in [1.29, 1.82) is 0 Å². The van der Waals surface area contributed by atoms with Crippen molar-refractivity contribution in [2.45, 2.75) is 31.2 Å². The maximum absolute atomic E-state index is 13.2. The lowest BCUT2D eigenvalue weighted by atomic mass is 9.87. The van der Waals surface area contributed by atoms with Crippen molar-refractivity contribution in [2.24, 2.45) is 5.73 Å². The molecular formula is C26H25NO4. The van der Waals surface area contributed by atoms with Gasteiger partial charge in [-0.15, -0.1) is 0 Å². The molecular weight excluding hydrogens is 390 g/mol. The van der Waals surface area contributed by atoms with E-state index in [-0.39, 0.29) is 18.9 Å². The van der Waals surface area contributed by atoms with E-state index < -0.39 is 23.9 Å². The second kappa shape index (κ2) is 8.74. The van der Waals surface area contributed by atoms with Gasteiger partial charge >= 0.3 is 11.9 Å². The number of aryl methyl sites for hydroxylation is 1. The zero-order valence-corrected chi connectivity index (χ0v) is 17.3. The van der Waals surface area contributed by atoms with Gasteiger partial charge in [0.25, 0.3) is 0 Å². The van der Waals surface area contributed by atoms with E-state index in [0.29, 0.717) is 5.56 Å². The number of carboxylic acids is 1. The third-order valence-electron chi connectivity index (χ3n) is 5.97. The Morgan fingerprint density at radius 3 is 2.06 bits per heavy atom. The summed E-state index contributed by atoms with van der Waals surface area (Å²) in [6.07, 6.45) is -0.316. The summed E-state index contributed by atoms with van der Waals surface area (Å²) in [5, 5.41) is 9.22. The van der Waals surface area contributed by atoms with E-state index in [2.05, 4.69) is 24.3 Å². The van der Waals surface area contributed by atoms with Crippen LogP contribution in [0.25, 0.3) is 11.1 Å². The molecule has 1 aliphatic carbocycles. The van der Waals surface area contributed by atoms with Crippen molar-refractivity contribution < 1.29 is 19.4 Å². The summed E-state index contributed by atoms with van der Waals surface area (Å²) >= 11 is 0. The number of rotatable bonds is 7. The third-order valence-corrected chi connectivity index (χ3v) is 5.97. The number of nitrogens with two attached hydrogens (primary N) is 1. The van der Waals surface area contributed by atoms with Crippen molar-refractivity contribution in [2.75, 3.05) is 6.61 Å². The molecule has 1 aliphatic rings. The molecule has 1 unspecified atom stereocenters. The Kier molecular flexibility index (Phi) is 5.87. The summed E-state index contributed by atoms with van der Waals surface area (Å²) in [6, 6.07) is 22.7. The van der Waals surface area contributed by atoms with Crippen LogP contribution < -0.4 is 5.73 Å². The van der Waals surface area contributed by atoms with Crippen LogP contribution in [0.4, 0.5) is 0 Å². The highest BCUT2D eigenvalue weighted by Crippen LogP contribution is 2.44. The van der Waals surface area contributed by atoms with Crippen molar-refractivity contribution in [3.63, 3.8) is 0 Å². The number of hydrogen-bond donors (Lipinski definition) is 2. The Morgan fingerprint density at radius 1 is 0.935 bits per heavy atom. The molecule has 0 saturated carbocycles. The monoisotopic (exact) mass is 415 g/mol. The van der Waals surface area contributed by atoms with Gasteiger partial charge in [0, 0.05) is 12.0 Å². The number of aliphatic carboxylic acids is 1. The average Bonchev–Trinajstić information content (AvgIpc) is 3.07. The highest BCUT2D eigenvalue weighted by Gasteiger charge is 2.34. The molecule has 5 heteroatoms. The van der Waals surface area contributed by atoms with Gasteiger partial charge in [0.2, 0.25) is 0 Å². The molecule has 0 bridgehead atoms. The third kappa shape index (κ3) is 4.09. The molecule has 31 heavy (non-hydrogen) atoms. The molecule has 0 saturated heterocycles. The summed E-state index contributed by atoms with van der Waals surface area (Å²) < 4.78 is 5.80. The molecule has 0 amide bonds. The minimum atomic E-state index is -1.04. The molecule has 5 nitrogen and oxygen atoms in total. The van der Waals surface area contributed by atoms with E-state index in [1.807, 2.05) is 55.5 Å². The Hall–Kier alpha value is -3.44. The Morgan fingerprint density at radius 2 is 1.48 bits per heavy atom. The lowest BCUT2D eigenvalue weighted by molar-refractivity contribution is -0.146. The molecule has 3 aromatic rings. The number of ether oxygens (including phenoxy) is 1. The largest absolute Gasteiger partial charge is 0.481 e. The van der Waals surface area contributed by atoms with Crippen LogP contribution in [-0.4, -0.2) is 29.7 Å². The molecule has 2 atom stereocenters. The van der Waals surface area contributed by atoms with Gasteiger partial charge in [0.15, 0.2) is 0 Å². The molecule has 0 spiro atoms. The number of fused-ring (bicyclic) bond motifs is 3. The van der Waals surface area contributed by atoms with Crippen LogP contribution >= 0.6 is 0 Å². The number of hydrogen-bond acceptors (Lipinski definition) is 4. The molecule has 0 fully saturated rings. The molecule has 158 valence electrons. The zero-order valence-electron chi connectivity index (χ0n) is 17.3. The van der Waals surface area contributed by atoms with Gasteiger partial charge in [-0.3, -0.25) is 9.59 Å². The van der Waals surface area contributed by atoms with E-state index in [9.17, 15) is 14.7 Å². The molecule has 0 aromatic heterocycles. The van der Waals surface area contributed by atoms with Gasteiger partial charge < -0.3 is 15.6 Å². The first kappa shape index (κ1) is 20.8. The smallest absolute Gasteiger partial charge is 0.315 e. The summed E-state index contributed by atoms with van der Waals surface area (Å²) in [7, 11) is 0. The van der Waals surface area contributed by atoms with E-state index in [1.54, 1.807) is 0 Å². The molecule has 0 radical (unpaired) electrons. The van der Waals surface area contributed by atoms with Crippen LogP contribution in [0.5, 0.6) is 0 Å². The summed E-state index contributed by atoms with van der Waals surface area (Å²) in [4.78, 5) is 24.5. The first-order valence-corrected chi connectivity index (χ1v) is 10.3. The maximum Gasteiger partial charge on any atom is 0.315 e. The van der Waals surface area contributed by atoms with Crippen LogP contribution in [0.3, 0.4) is 0 Å². The first-order valence-electron chi connectivity index (χ1n) is 10.3. The van der Waals surface area contributed by atoms with Crippen molar-refractivity contribution in [3.8, 4) is 11.1 Å². The number of carbonyl (C=O) groups excluding carboxylic acids is 1. The Balaban J connectivity index is 1.60. The summed E-state index contributed by atoms with van der Waals surface area (Å²) in [5.41, 5.74) is 12.3. The fourth-order valence-electron chi connectivity index (χ4n) is 4.48. The predicted octanol–water partition coefficient (Wildman–Crippen LogP) is 4.24. The molecule has 4 rings (SSSR count). The van der Waals surface area contributed by atoms with E-state index in [1.165, 1.54) is 0 Å². The van der Waals surface area contributed by atoms with Crippen LogP contribution in [0.15, 0.2) is 72.8 Å². The van der Waals surface area contributed by atoms with Crippen LogP contribution in [0, 0.1) is 6.92 Å². The van der Waals surface area contributed by atoms with Crippen LogP contribution in [0.1, 0.15) is 40.5 Å². The highest BCUT2D eigenvalue weighted by molar-refractivity contribution is 5.82.